The maximum Gasteiger partial charge on any atom is 0.358 e. The lowest BCUT2D eigenvalue weighted by atomic mass is 9.82. The number of hydrogen-bond acceptors (Lipinski definition) is 7. The number of amides is 1. The molecule has 0 aliphatic carbocycles. The summed E-state index contributed by atoms with van der Waals surface area (Å²) >= 11 is 5.47. The van der Waals surface area contributed by atoms with E-state index in [1.54, 1.807) is 27.7 Å². The van der Waals surface area contributed by atoms with Gasteiger partial charge in [0.25, 0.3) is 0 Å². The number of aliphatic hydroxyl groups excluding tert-OH is 1. The molecule has 0 saturated carbocycles. The number of ether oxygens (including phenoxy) is 2. The van der Waals surface area contributed by atoms with E-state index in [4.69, 9.17) is 21.7 Å². The number of esters is 2. The molecule has 1 fully saturated rings. The minimum atomic E-state index is -0.837. The molecule has 0 bridgehead atoms. The molecule has 3 unspecified atom stereocenters. The number of hydrogen-bond donors (Lipinski definition) is 1. The Labute approximate surface area is 199 Å². The Balaban J connectivity index is 1.92. The van der Waals surface area contributed by atoms with Gasteiger partial charge < -0.3 is 24.4 Å². The first-order chi connectivity index (χ1) is 15.3. The van der Waals surface area contributed by atoms with Gasteiger partial charge in [0.2, 0.25) is 12.7 Å². The van der Waals surface area contributed by atoms with Crippen molar-refractivity contribution >= 4 is 40.6 Å². The van der Waals surface area contributed by atoms with Gasteiger partial charge in [-0.15, -0.1) is 0 Å². The van der Waals surface area contributed by atoms with Crippen molar-refractivity contribution in [3.05, 3.63) is 41.1 Å². The molecule has 3 rings (SSSR count). The Morgan fingerprint density at radius 3 is 2.52 bits per heavy atom. The zero-order valence-corrected chi connectivity index (χ0v) is 20.6. The van der Waals surface area contributed by atoms with E-state index >= 15 is 0 Å². The molecular formula is C24H30N2O6S. The quantitative estimate of drug-likeness (QED) is 0.291. The maximum absolute atomic E-state index is 13.0. The SMILES string of the molecule is CC(O)C1C(=O)N2C(C(=O)OCOC(=O)C(C)(C)C)=C(c3cccc(C(=S)N(C)C)c3)CC12. The van der Waals surface area contributed by atoms with Crippen molar-refractivity contribution in [3.63, 3.8) is 0 Å². The summed E-state index contributed by atoms with van der Waals surface area (Å²) < 4.78 is 10.3. The van der Waals surface area contributed by atoms with E-state index in [-0.39, 0.29) is 17.6 Å². The van der Waals surface area contributed by atoms with Gasteiger partial charge in [-0.25, -0.2) is 4.79 Å². The number of carbonyl (C=O) groups is 3. The zero-order valence-electron chi connectivity index (χ0n) is 19.7. The summed E-state index contributed by atoms with van der Waals surface area (Å²) in [7, 11) is 3.70. The molecule has 2 heterocycles. The van der Waals surface area contributed by atoms with Crippen LogP contribution in [0.25, 0.3) is 5.57 Å². The second kappa shape index (κ2) is 9.23. The van der Waals surface area contributed by atoms with Crippen molar-refractivity contribution in [1.82, 2.24) is 9.80 Å². The van der Waals surface area contributed by atoms with E-state index in [9.17, 15) is 19.5 Å². The van der Waals surface area contributed by atoms with Gasteiger partial charge in [0.1, 0.15) is 10.7 Å². The van der Waals surface area contributed by atoms with Crippen LogP contribution in [0.1, 0.15) is 45.2 Å². The number of aliphatic hydroxyl groups is 1. The second-order valence-corrected chi connectivity index (χ2v) is 9.97. The Kier molecular flexibility index (Phi) is 6.95. The minimum Gasteiger partial charge on any atom is -0.427 e. The van der Waals surface area contributed by atoms with Gasteiger partial charge >= 0.3 is 11.9 Å². The van der Waals surface area contributed by atoms with Gasteiger partial charge in [-0.2, -0.15) is 0 Å². The van der Waals surface area contributed by atoms with Crippen LogP contribution in [0.3, 0.4) is 0 Å². The highest BCUT2D eigenvalue weighted by Crippen LogP contribution is 2.47. The highest BCUT2D eigenvalue weighted by atomic mass is 32.1. The summed E-state index contributed by atoms with van der Waals surface area (Å²) in [6, 6.07) is 7.10. The molecule has 1 N–H and O–H groups in total. The van der Waals surface area contributed by atoms with Crippen LogP contribution in [-0.4, -0.2) is 70.8 Å². The van der Waals surface area contributed by atoms with Crippen LogP contribution >= 0.6 is 12.2 Å². The van der Waals surface area contributed by atoms with Gasteiger partial charge in [-0.3, -0.25) is 9.59 Å². The lowest BCUT2D eigenvalue weighted by Gasteiger charge is -2.44. The van der Waals surface area contributed by atoms with Crippen LogP contribution in [0.15, 0.2) is 30.0 Å². The number of carbonyl (C=O) groups excluding carboxylic acids is 3. The van der Waals surface area contributed by atoms with Crippen LogP contribution in [0.5, 0.6) is 0 Å². The Morgan fingerprint density at radius 2 is 1.94 bits per heavy atom. The topological polar surface area (TPSA) is 96.4 Å². The molecule has 1 amide bonds. The summed E-state index contributed by atoms with van der Waals surface area (Å²) in [5.74, 6) is -2.18. The molecule has 178 valence electrons. The Bertz CT molecular complexity index is 1020. The average Bonchev–Trinajstić information content (AvgIpc) is 3.07. The third kappa shape index (κ3) is 4.79. The van der Waals surface area contributed by atoms with Crippen molar-refractivity contribution in [2.45, 2.75) is 46.3 Å². The molecule has 0 radical (unpaired) electrons. The molecule has 33 heavy (non-hydrogen) atoms. The van der Waals surface area contributed by atoms with E-state index in [2.05, 4.69) is 0 Å². The second-order valence-electron chi connectivity index (χ2n) is 9.59. The lowest BCUT2D eigenvalue weighted by molar-refractivity contribution is -0.175. The number of benzene rings is 1. The number of β-lactam (4-membered cyclic amide) rings is 1. The summed E-state index contributed by atoms with van der Waals surface area (Å²) in [6.07, 6.45) is -0.443. The van der Waals surface area contributed by atoms with Gasteiger partial charge in [-0.1, -0.05) is 30.4 Å². The predicted molar refractivity (Wildman–Crippen MR) is 126 cm³/mol. The number of fused-ring (bicyclic) bond motifs is 1. The van der Waals surface area contributed by atoms with E-state index < -0.39 is 36.2 Å². The fraction of sp³-hybridized carbons (Fsp3) is 0.500. The number of thiocarbonyl (C=S) groups is 1. The normalized spacial score (nSPS) is 20.7. The molecule has 1 aromatic carbocycles. The van der Waals surface area contributed by atoms with Gasteiger partial charge in [0, 0.05) is 19.7 Å². The zero-order chi connectivity index (χ0) is 24.7. The van der Waals surface area contributed by atoms with E-state index in [0.29, 0.717) is 17.0 Å². The Morgan fingerprint density at radius 1 is 1.27 bits per heavy atom. The smallest absolute Gasteiger partial charge is 0.358 e. The number of rotatable bonds is 6. The van der Waals surface area contributed by atoms with E-state index in [1.165, 1.54) is 4.90 Å². The lowest BCUT2D eigenvalue weighted by Crippen LogP contribution is -2.61. The standard InChI is InChI=1S/C24H30N2O6S/c1-13(27)18-17-11-16(14-8-7-9-15(10-14)21(33)25(5)6)19(26(17)20(18)28)22(29)31-12-32-23(30)24(2,3)4/h7-10,13,17-18,27H,11-12H2,1-6H3. The number of nitrogens with zero attached hydrogens (tertiary/aromatic N) is 2. The predicted octanol–water partition coefficient (Wildman–Crippen LogP) is 2.34. The van der Waals surface area contributed by atoms with Crippen molar-refractivity contribution in [2.24, 2.45) is 11.3 Å². The largest absolute Gasteiger partial charge is 0.427 e. The van der Waals surface area contributed by atoms with Crippen molar-refractivity contribution < 1.29 is 29.0 Å². The highest BCUT2D eigenvalue weighted by molar-refractivity contribution is 7.80. The molecule has 8 nitrogen and oxygen atoms in total. The minimum absolute atomic E-state index is 0.113. The molecular weight excluding hydrogens is 444 g/mol. The monoisotopic (exact) mass is 474 g/mol. The molecule has 3 atom stereocenters. The Hall–Kier alpha value is -2.78. The molecule has 2 aliphatic rings. The first-order valence-electron chi connectivity index (χ1n) is 10.7. The van der Waals surface area contributed by atoms with Crippen molar-refractivity contribution in [2.75, 3.05) is 20.9 Å². The maximum atomic E-state index is 13.0. The van der Waals surface area contributed by atoms with Crippen molar-refractivity contribution in [3.8, 4) is 0 Å². The fourth-order valence-electron chi connectivity index (χ4n) is 4.04. The summed E-state index contributed by atoms with van der Waals surface area (Å²) in [4.78, 5) is 41.6. The van der Waals surface area contributed by atoms with Crippen LogP contribution in [0, 0.1) is 11.3 Å². The van der Waals surface area contributed by atoms with Crippen LogP contribution in [-0.2, 0) is 23.9 Å². The molecule has 2 aliphatic heterocycles. The summed E-state index contributed by atoms with van der Waals surface area (Å²) in [6.45, 7) is 6.10. The van der Waals surface area contributed by atoms with Gasteiger partial charge in [-0.05, 0) is 51.3 Å². The van der Waals surface area contributed by atoms with Gasteiger partial charge in [0.15, 0.2) is 0 Å². The summed E-state index contributed by atoms with van der Waals surface area (Å²) in [5, 5.41) is 10.1. The van der Waals surface area contributed by atoms with Crippen LogP contribution in [0.2, 0.25) is 0 Å². The fourth-order valence-corrected chi connectivity index (χ4v) is 4.16. The van der Waals surface area contributed by atoms with Gasteiger partial charge in [0.05, 0.1) is 23.5 Å². The van der Waals surface area contributed by atoms with Crippen LogP contribution in [0.4, 0.5) is 0 Å². The molecule has 0 spiro atoms. The summed E-state index contributed by atoms with van der Waals surface area (Å²) in [5.41, 5.74) is 1.55. The van der Waals surface area contributed by atoms with Crippen molar-refractivity contribution in [1.29, 1.82) is 0 Å². The third-order valence-electron chi connectivity index (χ3n) is 5.78. The first-order valence-corrected chi connectivity index (χ1v) is 11.2. The third-order valence-corrected chi connectivity index (χ3v) is 6.38. The first kappa shape index (κ1) is 24.9. The van der Waals surface area contributed by atoms with E-state index in [0.717, 1.165) is 11.1 Å². The average molecular weight is 475 g/mol. The highest BCUT2D eigenvalue weighted by Gasteiger charge is 2.57. The molecule has 0 aromatic heterocycles. The van der Waals surface area contributed by atoms with Crippen LogP contribution < -0.4 is 0 Å². The molecule has 1 saturated heterocycles. The van der Waals surface area contributed by atoms with E-state index in [1.807, 2.05) is 43.3 Å². The molecule has 1 aromatic rings. The molecule has 9 heteroatoms.